The monoisotopic (exact) mass is 234 g/mol. The Labute approximate surface area is 86.3 Å². The first kappa shape index (κ1) is 11.6. The molecule has 1 heterocycles. The van der Waals surface area contributed by atoms with Crippen molar-refractivity contribution in [3.8, 4) is 0 Å². The second-order valence-corrected chi connectivity index (χ2v) is 5.43. The zero-order chi connectivity index (χ0) is 11.6. The lowest BCUT2D eigenvalue weighted by Crippen LogP contribution is -2.35. The van der Waals surface area contributed by atoms with Crippen molar-refractivity contribution in [2.45, 2.75) is 6.92 Å². The smallest absolute Gasteiger partial charge is 0.269 e. The minimum atomic E-state index is -3.26. The number of hydrogen-bond acceptors (Lipinski definition) is 5. The summed E-state index contributed by atoms with van der Waals surface area (Å²) in [6.45, 7) is 1.18. The van der Waals surface area contributed by atoms with Gasteiger partial charge in [0.15, 0.2) is 9.84 Å². The molecule has 15 heavy (non-hydrogen) atoms. The first-order chi connectivity index (χ1) is 6.87. The second kappa shape index (κ2) is 3.97. The van der Waals surface area contributed by atoms with Crippen LogP contribution in [0.4, 0.5) is 4.79 Å². The number of urea groups is 1. The molecule has 0 aliphatic carbocycles. The minimum Gasteiger partial charge on any atom is -0.269 e. The van der Waals surface area contributed by atoms with Crippen molar-refractivity contribution < 1.29 is 22.8 Å². The minimum absolute atomic E-state index is 0.0649. The van der Waals surface area contributed by atoms with Crippen molar-refractivity contribution in [1.82, 2.24) is 10.2 Å². The highest BCUT2D eigenvalue weighted by Crippen LogP contribution is 2.01. The molecule has 1 rings (SSSR count). The van der Waals surface area contributed by atoms with Crippen LogP contribution < -0.4 is 5.32 Å². The van der Waals surface area contributed by atoms with E-state index >= 15 is 0 Å². The molecule has 0 aromatic heterocycles. The lowest BCUT2D eigenvalue weighted by Gasteiger charge is -2.10. The molecule has 8 heteroatoms. The summed E-state index contributed by atoms with van der Waals surface area (Å²) >= 11 is 0. The van der Waals surface area contributed by atoms with Gasteiger partial charge in [-0.2, -0.15) is 0 Å². The van der Waals surface area contributed by atoms with Crippen LogP contribution in [0, 0.1) is 0 Å². The largest absolute Gasteiger partial charge is 0.331 e. The van der Waals surface area contributed by atoms with Gasteiger partial charge in [-0.25, -0.2) is 13.2 Å². The topological polar surface area (TPSA) is 101 Å². The maximum atomic E-state index is 11.1. The number of sulfone groups is 1. The molecule has 0 unspecified atom stereocenters. The van der Waals surface area contributed by atoms with E-state index in [1.54, 1.807) is 5.32 Å². The Morgan fingerprint density at radius 1 is 1.27 bits per heavy atom. The fraction of sp³-hybridized carbons (Fsp3) is 0.571. The van der Waals surface area contributed by atoms with Crippen molar-refractivity contribution in [3.05, 3.63) is 0 Å². The third kappa shape index (κ3) is 2.52. The van der Waals surface area contributed by atoms with Crippen molar-refractivity contribution in [2.75, 3.05) is 18.1 Å². The standard InChI is InChI=1S/C7H10N2O5S/c1-2-15(13,14)4-3-9-6(11)5(10)8-7(9)12/h2-4H2,1H3,(H,8,10,12). The fourth-order valence-corrected chi connectivity index (χ4v) is 1.76. The van der Waals surface area contributed by atoms with Crippen LogP contribution in [-0.2, 0) is 19.4 Å². The van der Waals surface area contributed by atoms with Gasteiger partial charge in [0, 0.05) is 12.3 Å². The van der Waals surface area contributed by atoms with Gasteiger partial charge in [-0.1, -0.05) is 6.92 Å². The number of carbonyl (C=O) groups is 3. The van der Waals surface area contributed by atoms with E-state index in [9.17, 15) is 22.8 Å². The number of nitrogens with one attached hydrogen (secondary N) is 1. The third-order valence-electron chi connectivity index (χ3n) is 1.97. The van der Waals surface area contributed by atoms with E-state index in [0.717, 1.165) is 0 Å². The highest BCUT2D eigenvalue weighted by Gasteiger charge is 2.36. The summed E-state index contributed by atoms with van der Waals surface area (Å²) in [4.78, 5) is 33.3. The molecule has 0 aromatic carbocycles. The molecular formula is C7H10N2O5S. The van der Waals surface area contributed by atoms with Crippen LogP contribution in [0.25, 0.3) is 0 Å². The molecule has 1 saturated heterocycles. The molecule has 1 fully saturated rings. The number of imide groups is 2. The molecule has 1 aliphatic rings. The van der Waals surface area contributed by atoms with Gasteiger partial charge in [0.05, 0.1) is 5.75 Å². The van der Waals surface area contributed by atoms with E-state index in [1.165, 1.54) is 6.92 Å². The van der Waals surface area contributed by atoms with Crippen LogP contribution in [0.5, 0.6) is 0 Å². The van der Waals surface area contributed by atoms with Gasteiger partial charge in [0.2, 0.25) is 0 Å². The molecule has 1 N–H and O–H groups in total. The molecule has 1 aliphatic heterocycles. The van der Waals surface area contributed by atoms with E-state index in [2.05, 4.69) is 0 Å². The van der Waals surface area contributed by atoms with Gasteiger partial charge in [-0.15, -0.1) is 0 Å². The van der Waals surface area contributed by atoms with E-state index in [0.29, 0.717) is 4.90 Å². The van der Waals surface area contributed by atoms with Crippen LogP contribution >= 0.6 is 0 Å². The maximum Gasteiger partial charge on any atom is 0.331 e. The Balaban J connectivity index is 2.64. The number of amides is 4. The zero-order valence-electron chi connectivity index (χ0n) is 8.02. The van der Waals surface area contributed by atoms with Crippen molar-refractivity contribution >= 4 is 27.7 Å². The highest BCUT2D eigenvalue weighted by molar-refractivity contribution is 7.91. The quantitative estimate of drug-likeness (QED) is 0.471. The van der Waals surface area contributed by atoms with Gasteiger partial charge in [-0.05, 0) is 0 Å². The Morgan fingerprint density at radius 3 is 2.27 bits per heavy atom. The molecule has 0 spiro atoms. The average Bonchev–Trinajstić information content (AvgIpc) is 2.39. The van der Waals surface area contributed by atoms with Gasteiger partial charge >= 0.3 is 17.8 Å². The Bertz CT molecular complexity index is 413. The van der Waals surface area contributed by atoms with Crippen LogP contribution in [0.3, 0.4) is 0 Å². The lowest BCUT2D eigenvalue weighted by molar-refractivity contribution is -0.140. The van der Waals surface area contributed by atoms with E-state index in [4.69, 9.17) is 0 Å². The molecule has 84 valence electrons. The van der Waals surface area contributed by atoms with Gasteiger partial charge in [0.25, 0.3) is 0 Å². The summed E-state index contributed by atoms with van der Waals surface area (Å²) in [5.41, 5.74) is 0. The lowest BCUT2D eigenvalue weighted by atomic mass is 10.5. The number of nitrogens with zero attached hydrogens (tertiary/aromatic N) is 1. The van der Waals surface area contributed by atoms with Gasteiger partial charge in [0.1, 0.15) is 0 Å². The molecule has 7 nitrogen and oxygen atoms in total. The highest BCUT2D eigenvalue weighted by atomic mass is 32.2. The van der Waals surface area contributed by atoms with Crippen LogP contribution in [0.15, 0.2) is 0 Å². The van der Waals surface area contributed by atoms with Gasteiger partial charge in [-0.3, -0.25) is 19.8 Å². The van der Waals surface area contributed by atoms with Gasteiger partial charge < -0.3 is 0 Å². The Kier molecular flexibility index (Phi) is 3.08. The molecule has 0 bridgehead atoms. The van der Waals surface area contributed by atoms with Crippen molar-refractivity contribution in [3.63, 3.8) is 0 Å². The molecule has 0 atom stereocenters. The van der Waals surface area contributed by atoms with Crippen LogP contribution in [0.2, 0.25) is 0 Å². The SMILES string of the molecule is CCS(=O)(=O)CCN1C(=O)NC(=O)C1=O. The number of rotatable bonds is 4. The fourth-order valence-electron chi connectivity index (χ4n) is 1.01. The molecule has 0 aromatic rings. The number of hydrogen-bond donors (Lipinski definition) is 1. The number of carbonyl (C=O) groups excluding carboxylic acids is 3. The summed E-state index contributed by atoms with van der Waals surface area (Å²) in [7, 11) is -3.26. The summed E-state index contributed by atoms with van der Waals surface area (Å²) in [6.07, 6.45) is 0. The van der Waals surface area contributed by atoms with Crippen molar-refractivity contribution in [2.24, 2.45) is 0 Å². The van der Waals surface area contributed by atoms with E-state index < -0.39 is 27.7 Å². The summed E-state index contributed by atoms with van der Waals surface area (Å²) in [5.74, 6) is -2.42. The van der Waals surface area contributed by atoms with Crippen molar-refractivity contribution in [1.29, 1.82) is 0 Å². The molecule has 4 amide bonds. The Hall–Kier alpha value is -1.44. The van der Waals surface area contributed by atoms with Crippen LogP contribution in [-0.4, -0.2) is 49.2 Å². The predicted octanol–water partition coefficient (Wildman–Crippen LogP) is -1.50. The zero-order valence-corrected chi connectivity index (χ0v) is 8.83. The first-order valence-corrected chi connectivity index (χ1v) is 6.06. The third-order valence-corrected chi connectivity index (χ3v) is 3.65. The van der Waals surface area contributed by atoms with Crippen LogP contribution in [0.1, 0.15) is 6.92 Å². The summed E-state index contributed by atoms with van der Waals surface area (Å²) in [6, 6.07) is -0.865. The molecular weight excluding hydrogens is 224 g/mol. The normalized spacial score (nSPS) is 17.1. The molecule has 0 saturated carbocycles. The summed E-state index contributed by atoms with van der Waals surface area (Å²) < 4.78 is 22.2. The maximum absolute atomic E-state index is 11.1. The molecule has 0 radical (unpaired) electrons. The predicted molar refractivity (Wildman–Crippen MR) is 49.6 cm³/mol. The summed E-state index contributed by atoms with van der Waals surface area (Å²) in [5, 5.41) is 1.77. The second-order valence-electron chi connectivity index (χ2n) is 2.95. The first-order valence-electron chi connectivity index (χ1n) is 4.24. The average molecular weight is 234 g/mol. The van der Waals surface area contributed by atoms with E-state index in [1.807, 2.05) is 0 Å². The Morgan fingerprint density at radius 2 is 1.87 bits per heavy atom. The van der Waals surface area contributed by atoms with E-state index in [-0.39, 0.29) is 18.1 Å².